The summed E-state index contributed by atoms with van der Waals surface area (Å²) in [5.74, 6) is -2.60. The van der Waals surface area contributed by atoms with E-state index in [0.29, 0.717) is 6.54 Å². The summed E-state index contributed by atoms with van der Waals surface area (Å²) in [6.45, 7) is 0.466. The summed E-state index contributed by atoms with van der Waals surface area (Å²) in [5.41, 5.74) is -0.134. The van der Waals surface area contributed by atoms with E-state index < -0.39 is 17.5 Å². The van der Waals surface area contributed by atoms with Crippen LogP contribution in [0.1, 0.15) is 48.9 Å². The van der Waals surface area contributed by atoms with E-state index in [4.69, 9.17) is 11.6 Å². The van der Waals surface area contributed by atoms with Gasteiger partial charge in [-0.05, 0) is 39.1 Å². The minimum atomic E-state index is -1.07. The average molecular weight is 345 g/mol. The van der Waals surface area contributed by atoms with Crippen LogP contribution in [-0.2, 0) is 0 Å². The number of benzene rings is 1. The van der Waals surface area contributed by atoms with Gasteiger partial charge in [0, 0.05) is 12.1 Å². The van der Waals surface area contributed by atoms with E-state index in [1.54, 1.807) is 0 Å². The number of amides is 1. The predicted molar refractivity (Wildman–Crippen MR) is 87.8 cm³/mol. The fourth-order valence-corrected chi connectivity index (χ4v) is 3.44. The second kappa shape index (κ2) is 7.58. The van der Waals surface area contributed by atoms with Crippen molar-refractivity contribution in [1.82, 2.24) is 10.2 Å². The molecule has 1 amide bonds. The van der Waals surface area contributed by atoms with Gasteiger partial charge in [0.1, 0.15) is 0 Å². The maximum absolute atomic E-state index is 13.3. The fraction of sp³-hybridized carbons (Fsp3) is 0.588. The van der Waals surface area contributed by atoms with E-state index in [9.17, 15) is 13.6 Å². The summed E-state index contributed by atoms with van der Waals surface area (Å²) in [7, 11) is 4.03. The van der Waals surface area contributed by atoms with Crippen molar-refractivity contribution >= 4 is 17.5 Å². The Labute approximate surface area is 141 Å². The Kier molecular flexibility index (Phi) is 5.98. The number of nitrogens with zero attached hydrogens (tertiary/aromatic N) is 1. The van der Waals surface area contributed by atoms with Crippen LogP contribution in [0.25, 0.3) is 0 Å². The van der Waals surface area contributed by atoms with Crippen LogP contribution in [0.4, 0.5) is 8.78 Å². The number of hydrogen-bond donors (Lipinski definition) is 1. The minimum absolute atomic E-state index is 0.0342. The molecule has 128 valence electrons. The lowest BCUT2D eigenvalue weighted by atomic mass is 9.88. The smallest absolute Gasteiger partial charge is 0.252 e. The van der Waals surface area contributed by atoms with Gasteiger partial charge in [0.2, 0.25) is 0 Å². The molecule has 2 rings (SSSR count). The maximum atomic E-state index is 13.3. The average Bonchev–Trinajstić information content (AvgIpc) is 2.75. The quantitative estimate of drug-likeness (QED) is 0.661. The highest BCUT2D eigenvalue weighted by Gasteiger charge is 2.33. The second-order valence-corrected chi connectivity index (χ2v) is 6.87. The van der Waals surface area contributed by atoms with Crippen LogP contribution in [0.2, 0.25) is 5.02 Å². The zero-order chi connectivity index (χ0) is 17.0. The highest BCUT2D eigenvalue weighted by atomic mass is 35.5. The van der Waals surface area contributed by atoms with E-state index in [0.717, 1.165) is 37.8 Å². The van der Waals surface area contributed by atoms with Gasteiger partial charge >= 0.3 is 0 Å². The molecule has 0 radical (unpaired) electrons. The molecule has 0 aliphatic heterocycles. The summed E-state index contributed by atoms with van der Waals surface area (Å²) in [6, 6.07) is 1.68. The Balaban J connectivity index is 2.11. The molecular weight excluding hydrogens is 322 g/mol. The van der Waals surface area contributed by atoms with E-state index >= 15 is 0 Å². The SMILES string of the molecule is CN(C)C1(CNC(=O)c2cc(F)c(F)cc2Cl)CCCCCC1. The largest absolute Gasteiger partial charge is 0.350 e. The fourth-order valence-electron chi connectivity index (χ4n) is 3.21. The van der Waals surface area contributed by atoms with Crippen LogP contribution in [0.15, 0.2) is 12.1 Å². The Bertz CT molecular complexity index is 570. The van der Waals surface area contributed by atoms with Crippen LogP contribution in [0.5, 0.6) is 0 Å². The third-order valence-corrected chi connectivity index (χ3v) is 5.13. The molecule has 3 nitrogen and oxygen atoms in total. The molecule has 1 aliphatic rings. The number of rotatable bonds is 4. The zero-order valence-corrected chi connectivity index (χ0v) is 14.3. The number of likely N-dealkylation sites (N-methyl/N-ethyl adjacent to an activating group) is 1. The van der Waals surface area contributed by atoms with Crippen molar-refractivity contribution < 1.29 is 13.6 Å². The molecule has 0 bridgehead atoms. The highest BCUT2D eigenvalue weighted by molar-refractivity contribution is 6.33. The van der Waals surface area contributed by atoms with Gasteiger partial charge in [-0.3, -0.25) is 4.79 Å². The topological polar surface area (TPSA) is 32.3 Å². The molecule has 1 aromatic carbocycles. The standard InChI is InChI=1S/C17H23ClF2N2O/c1-22(2)17(7-5-3-4-6-8-17)11-21-16(23)12-9-14(19)15(20)10-13(12)18/h9-10H,3-8,11H2,1-2H3,(H,21,23). The predicted octanol–water partition coefficient (Wildman–Crippen LogP) is 4.00. The monoisotopic (exact) mass is 344 g/mol. The van der Waals surface area contributed by atoms with Gasteiger partial charge in [-0.2, -0.15) is 0 Å². The Morgan fingerprint density at radius 3 is 2.30 bits per heavy atom. The zero-order valence-electron chi connectivity index (χ0n) is 13.6. The summed E-state index contributed by atoms with van der Waals surface area (Å²) < 4.78 is 26.5. The van der Waals surface area contributed by atoms with Crippen molar-refractivity contribution in [3.05, 3.63) is 34.4 Å². The van der Waals surface area contributed by atoms with Crippen molar-refractivity contribution in [1.29, 1.82) is 0 Å². The van der Waals surface area contributed by atoms with Gasteiger partial charge in [0.15, 0.2) is 11.6 Å². The van der Waals surface area contributed by atoms with E-state index in [1.165, 1.54) is 12.8 Å². The van der Waals surface area contributed by atoms with E-state index in [1.807, 2.05) is 14.1 Å². The van der Waals surface area contributed by atoms with Gasteiger partial charge in [0.05, 0.1) is 10.6 Å². The summed E-state index contributed by atoms with van der Waals surface area (Å²) in [4.78, 5) is 14.5. The molecule has 1 saturated carbocycles. The Morgan fingerprint density at radius 1 is 1.17 bits per heavy atom. The lowest BCUT2D eigenvalue weighted by molar-refractivity contribution is 0.0868. The summed E-state index contributed by atoms with van der Waals surface area (Å²) in [6.07, 6.45) is 6.68. The number of carbonyl (C=O) groups is 1. The first-order chi connectivity index (χ1) is 10.9. The normalized spacial score (nSPS) is 17.8. The molecule has 6 heteroatoms. The Morgan fingerprint density at radius 2 is 1.74 bits per heavy atom. The minimum Gasteiger partial charge on any atom is -0.350 e. The molecule has 1 aliphatic carbocycles. The van der Waals surface area contributed by atoms with Gasteiger partial charge < -0.3 is 10.2 Å². The van der Waals surface area contributed by atoms with E-state index in [2.05, 4.69) is 10.2 Å². The van der Waals surface area contributed by atoms with Crippen molar-refractivity contribution in [2.24, 2.45) is 0 Å². The van der Waals surface area contributed by atoms with Crippen molar-refractivity contribution in [3.8, 4) is 0 Å². The summed E-state index contributed by atoms with van der Waals surface area (Å²) in [5, 5.41) is 2.77. The number of carbonyl (C=O) groups excluding carboxylic acids is 1. The molecule has 0 heterocycles. The van der Waals surface area contributed by atoms with Gasteiger partial charge in [0.25, 0.3) is 5.91 Å². The maximum Gasteiger partial charge on any atom is 0.252 e. The lowest BCUT2D eigenvalue weighted by Gasteiger charge is -2.39. The van der Waals surface area contributed by atoms with Crippen molar-refractivity contribution in [3.63, 3.8) is 0 Å². The van der Waals surface area contributed by atoms with Gasteiger partial charge in [-0.1, -0.05) is 37.3 Å². The van der Waals surface area contributed by atoms with Crippen LogP contribution >= 0.6 is 11.6 Å². The molecule has 0 aromatic heterocycles. The number of halogens is 3. The van der Waals surface area contributed by atoms with Gasteiger partial charge in [-0.25, -0.2) is 8.78 Å². The molecule has 23 heavy (non-hydrogen) atoms. The first-order valence-corrected chi connectivity index (χ1v) is 8.34. The molecule has 0 unspecified atom stereocenters. The van der Waals surface area contributed by atoms with Crippen LogP contribution in [-0.4, -0.2) is 37.0 Å². The molecule has 0 spiro atoms. The number of nitrogens with one attached hydrogen (secondary N) is 1. The molecule has 1 aromatic rings. The molecule has 1 N–H and O–H groups in total. The van der Waals surface area contributed by atoms with Crippen molar-refractivity contribution in [2.75, 3.05) is 20.6 Å². The lowest BCUT2D eigenvalue weighted by Crippen LogP contribution is -2.52. The molecule has 0 atom stereocenters. The van der Waals surface area contributed by atoms with Crippen LogP contribution in [0.3, 0.4) is 0 Å². The molecular formula is C17H23ClF2N2O. The van der Waals surface area contributed by atoms with Gasteiger partial charge in [-0.15, -0.1) is 0 Å². The first-order valence-electron chi connectivity index (χ1n) is 7.96. The third kappa shape index (κ3) is 4.21. The molecule has 1 fully saturated rings. The van der Waals surface area contributed by atoms with Crippen LogP contribution < -0.4 is 5.32 Å². The third-order valence-electron chi connectivity index (χ3n) is 4.82. The second-order valence-electron chi connectivity index (χ2n) is 6.46. The van der Waals surface area contributed by atoms with Crippen molar-refractivity contribution in [2.45, 2.75) is 44.1 Å². The molecule has 0 saturated heterocycles. The number of hydrogen-bond acceptors (Lipinski definition) is 2. The Hall–Kier alpha value is -1.20. The summed E-state index contributed by atoms with van der Waals surface area (Å²) >= 11 is 5.86. The van der Waals surface area contributed by atoms with Crippen LogP contribution in [0, 0.1) is 11.6 Å². The first kappa shape index (κ1) is 18.1. The highest BCUT2D eigenvalue weighted by Crippen LogP contribution is 2.30. The van der Waals surface area contributed by atoms with E-state index in [-0.39, 0.29) is 16.1 Å².